The van der Waals surface area contributed by atoms with E-state index in [1.165, 1.54) is 140 Å². The highest BCUT2D eigenvalue weighted by Gasteiger charge is 2.32. The van der Waals surface area contributed by atoms with Gasteiger partial charge in [0.25, 0.3) is 34.8 Å². The minimum absolute atomic E-state index is 0.0556. The van der Waals surface area contributed by atoms with Crippen LogP contribution in [-0.2, 0) is 16.5 Å². The van der Waals surface area contributed by atoms with Crippen LogP contribution in [0.1, 0.15) is 87.1 Å². The number of carboxylic acid groups (broad SMARTS) is 1. The normalized spacial score (nSPS) is 11.5. The predicted octanol–water partition coefficient (Wildman–Crippen LogP) is 18.3. The summed E-state index contributed by atoms with van der Waals surface area (Å²) in [7, 11) is 8.33. The molecule has 6 aromatic heterocycles. The molecule has 13 aromatic rings. The number of nitrogens with one attached hydrogen (secondary N) is 9. The molecule has 43 nitrogen and oxygen atoms in total. The number of benzene rings is 7. The number of hydrogen-bond donors (Lipinski definition) is 14. The van der Waals surface area contributed by atoms with E-state index in [1.54, 1.807) is 152 Å². The fourth-order valence-corrected chi connectivity index (χ4v) is 13.5. The number of anilines is 7. The number of fused-ring (bicyclic) bond motifs is 1. The molecule has 0 saturated carbocycles. The Morgan fingerprint density at radius 2 is 0.865 bits per heavy atom. The number of nitro groups is 3. The highest BCUT2D eigenvalue weighted by atomic mass is 32.2. The molecule has 1 aliphatic heterocycles. The van der Waals surface area contributed by atoms with Gasteiger partial charge < -0.3 is 106 Å². The topological polar surface area (TPSA) is 589 Å². The number of carbonyl (C=O) groups excluding carboxylic acids is 4. The summed E-state index contributed by atoms with van der Waals surface area (Å²) in [6.07, 6.45) is 7.00. The van der Waals surface area contributed by atoms with Crippen molar-refractivity contribution in [3.63, 3.8) is 0 Å². The summed E-state index contributed by atoms with van der Waals surface area (Å²) in [5.41, 5.74) is 1.25. The number of aromatic nitrogens is 7. The van der Waals surface area contributed by atoms with Crippen molar-refractivity contribution in [1.82, 2.24) is 55.7 Å². The number of nitro benzene ring substituents is 3. The van der Waals surface area contributed by atoms with Crippen LogP contribution in [0.25, 0.3) is 11.0 Å². The molecular formula is C96H99F6N21O22S3. The van der Waals surface area contributed by atoms with Gasteiger partial charge in [0, 0.05) is 150 Å². The first kappa shape index (κ1) is 116. The number of aliphatic hydroxyl groups is 3. The Morgan fingerprint density at radius 1 is 0.507 bits per heavy atom. The van der Waals surface area contributed by atoms with Gasteiger partial charge in [-0.25, -0.2) is 24.5 Å². The van der Waals surface area contributed by atoms with Crippen LogP contribution >= 0.6 is 35.7 Å². The number of aliphatic hydroxyl groups excluding tert-OH is 3. The number of aliphatic imine (C=N–C) groups is 1. The van der Waals surface area contributed by atoms with Gasteiger partial charge in [-0.2, -0.15) is 31.3 Å². The third kappa shape index (κ3) is 38.9. The zero-order valence-electron chi connectivity index (χ0n) is 80.2. The quantitative estimate of drug-likeness (QED) is 0.00265. The van der Waals surface area contributed by atoms with Gasteiger partial charge in [0.1, 0.15) is 103 Å². The molecule has 52 heteroatoms. The molecule has 1 saturated heterocycles. The maximum absolute atomic E-state index is 12.7. The number of isothiocyanates is 1. The molecule has 148 heavy (non-hydrogen) atoms. The number of thiocarbonyl (C=S) groups is 1. The number of esters is 1. The molecule has 3 amide bonds. The summed E-state index contributed by atoms with van der Waals surface area (Å²) < 4.78 is 114. The van der Waals surface area contributed by atoms with Gasteiger partial charge in [-0.3, -0.25) is 65.0 Å². The Bertz CT molecular complexity index is 6820. The molecule has 0 radical (unpaired) electrons. The lowest BCUT2D eigenvalue weighted by molar-refractivity contribution is -0.384. The molecule has 780 valence electrons. The van der Waals surface area contributed by atoms with E-state index in [2.05, 4.69) is 100 Å². The van der Waals surface area contributed by atoms with E-state index in [9.17, 15) is 80.7 Å². The molecule has 1 fully saturated rings. The minimum Gasteiger partial charge on any atom is -0.477 e. The molecule has 15 N–H and O–H groups in total. The summed E-state index contributed by atoms with van der Waals surface area (Å²) in [6.45, 7) is 11.1. The minimum atomic E-state index is -4.37. The number of aryl methyl sites for hydroxylation is 1. The van der Waals surface area contributed by atoms with Gasteiger partial charge in [0.05, 0.1) is 92.7 Å². The van der Waals surface area contributed by atoms with Crippen LogP contribution in [0.2, 0.25) is 0 Å². The number of imidazole rings is 1. The average molecular weight is 2110 g/mol. The van der Waals surface area contributed by atoms with Crippen LogP contribution < -0.4 is 77.3 Å². The highest BCUT2D eigenvalue weighted by Crippen LogP contribution is 2.42. The second-order valence-corrected chi connectivity index (χ2v) is 33.5. The van der Waals surface area contributed by atoms with Crippen LogP contribution in [0.5, 0.6) is 57.5 Å². The van der Waals surface area contributed by atoms with E-state index in [-0.39, 0.29) is 153 Å². The molecule has 14 rings (SSSR count). The maximum Gasteiger partial charge on any atom is 0.446 e. The summed E-state index contributed by atoms with van der Waals surface area (Å²) in [5, 5.41) is 95.2. The van der Waals surface area contributed by atoms with Crippen LogP contribution in [-0.4, -0.2) is 208 Å². The summed E-state index contributed by atoms with van der Waals surface area (Å²) in [6, 6.07) is 50.2. The molecule has 0 unspecified atom stereocenters. The molecule has 0 atom stereocenters. The zero-order valence-corrected chi connectivity index (χ0v) is 82.7. The van der Waals surface area contributed by atoms with Gasteiger partial charge in [-0.1, -0.05) is 12.1 Å². The smallest absolute Gasteiger partial charge is 0.446 e. The number of hydrogen-bond acceptors (Lipinski definition) is 38. The van der Waals surface area contributed by atoms with E-state index in [0.29, 0.717) is 80.1 Å². The summed E-state index contributed by atoms with van der Waals surface area (Å²) in [5.74, 6) is 0.939. The summed E-state index contributed by atoms with van der Waals surface area (Å²) >= 11 is 3.98. The molecule has 0 spiro atoms. The van der Waals surface area contributed by atoms with Crippen molar-refractivity contribution in [2.45, 2.75) is 66.8 Å². The van der Waals surface area contributed by atoms with Gasteiger partial charge in [-0.15, -0.1) is 0 Å². The Kier molecular flexibility index (Phi) is 44.2. The van der Waals surface area contributed by atoms with Crippen molar-refractivity contribution >= 4 is 144 Å². The number of aromatic carboxylic acids is 1. The Labute approximate surface area is 853 Å². The van der Waals surface area contributed by atoms with E-state index < -0.39 is 55.1 Å². The number of nitrogens with two attached hydrogens (primary N) is 1. The number of carboxylic acids is 1. The molecule has 1 aliphatic rings. The lowest BCUT2D eigenvalue weighted by Crippen LogP contribution is -2.33. The first-order valence-corrected chi connectivity index (χ1v) is 45.6. The van der Waals surface area contributed by atoms with Crippen molar-refractivity contribution in [2.24, 2.45) is 12.0 Å². The van der Waals surface area contributed by atoms with E-state index in [0.717, 1.165) is 24.4 Å². The number of amides is 3. The third-order valence-electron chi connectivity index (χ3n) is 18.7. The second-order valence-electron chi connectivity index (χ2n) is 31.1. The standard InChI is InChI=1S/C23H20F3N5O3S.C17H19N3O5.C15H16N4O5.C15H18N4O3.C13H11N3O5.C8H4F3NS2.C5H11NO/c1-31-20-6-5-15(34-16-7-8-27-19(13-16)21(33)28-9-10-32)12-18(20)30-22(31)29-14-3-2-4-17(11-14)35-23(24,25)26;1-17(2,3)25-16(21)14-9-12(7-8-19-14)24-11-5-6-13(18-4)15(10-11)20(22)23;1-16-12-3-2-10(9-14(12)19(22)23)24-11-4-5-17-13(8-11)15(21)18-6-7-20;1-17-13-3-2-10(8-12(13)16)22-11-4-5-18-14(9-11)15(21)19-6-7-20;1-14-10-3-2-8(7-12(10)16(19)20)21-9-4-5-15-11(6-9)13(17)18;9-8(10,11)14-7-3-1-2-6(4-7)12-5-13;1-5(2)6-3-4-7-5/h2-8,11-13,32H,9-10H2,1H3,(H,28,33)(H,29,30);5-10,18H,1-4H3;2-5,8-9,16,20H,6-7H2,1H3,(H,18,21);2-5,8-9,17,20H,6-7,16H2,1H3,(H,19,21);2-7,14H,1H3,(H,17,18);1-4H;6H,3-4H2,1-2H3. The number of rotatable bonds is 33. The van der Waals surface area contributed by atoms with E-state index in [4.69, 9.17) is 59.3 Å². The Hall–Kier alpha value is -17.0. The van der Waals surface area contributed by atoms with Crippen LogP contribution in [0.15, 0.2) is 246 Å². The van der Waals surface area contributed by atoms with Gasteiger partial charge in [-0.05, 0) is 198 Å². The molecular weight excluding hydrogens is 2010 g/mol. The first-order chi connectivity index (χ1) is 70.3. The Balaban J connectivity index is 0.000000217. The van der Waals surface area contributed by atoms with Crippen molar-refractivity contribution in [1.29, 1.82) is 0 Å². The largest absolute Gasteiger partial charge is 0.477 e. The molecule has 7 heterocycles. The first-order valence-electron chi connectivity index (χ1n) is 43.5. The van der Waals surface area contributed by atoms with Gasteiger partial charge in [0.2, 0.25) is 5.95 Å². The van der Waals surface area contributed by atoms with Gasteiger partial charge in [0.15, 0.2) is 11.4 Å². The molecule has 0 aliphatic carbocycles. The number of nitrogens with zero attached hydrogens (tertiary/aromatic N) is 11. The van der Waals surface area contributed by atoms with E-state index >= 15 is 0 Å². The molecule has 0 bridgehead atoms. The fourth-order valence-electron chi connectivity index (χ4n) is 12.2. The predicted molar refractivity (Wildman–Crippen MR) is 544 cm³/mol. The Morgan fingerprint density at radius 3 is 1.22 bits per heavy atom. The van der Waals surface area contributed by atoms with Gasteiger partial charge >= 0.3 is 23.0 Å². The number of nitrogen functional groups attached to an aromatic ring is 1. The number of pyridine rings is 5. The maximum atomic E-state index is 12.7. The van der Waals surface area contributed by atoms with Crippen molar-refractivity contribution in [2.75, 3.05) is 113 Å². The van der Waals surface area contributed by atoms with Crippen LogP contribution in [0, 0.1) is 30.3 Å². The lowest BCUT2D eigenvalue weighted by Gasteiger charge is -2.19. The molecule has 7 aromatic carbocycles. The van der Waals surface area contributed by atoms with Crippen LogP contribution in [0.4, 0.5) is 89.2 Å². The summed E-state index contributed by atoms with van der Waals surface area (Å²) in [4.78, 5) is 118. The van der Waals surface area contributed by atoms with Crippen molar-refractivity contribution < 1.29 is 119 Å². The zero-order chi connectivity index (χ0) is 108. The third-order valence-corrected chi connectivity index (χ3v) is 20.2. The SMILES string of the molecule is CC1(C)NCCO1.CNc1ccc(Oc2ccnc(C(=O)NCCO)c2)cc1N.CNc1ccc(Oc2ccnc(C(=O)NCCO)c2)cc1[N+](=O)[O-].CNc1ccc(Oc2ccnc(C(=O)O)c2)cc1[N+](=O)[O-].CNc1ccc(Oc2ccnc(C(=O)OC(C)(C)C)c2)cc1[N+](=O)[O-].Cn1c(Nc2cccc(SC(F)(F)F)c2)nc2cc(Oc3ccnc(C(=O)NCCO)c3)ccc21.FC(F)(F)Sc1cccc(N=C=S)c1. The number of alkyl halides is 6. The van der Waals surface area contributed by atoms with Crippen molar-refractivity contribution in [3.05, 3.63) is 290 Å². The van der Waals surface area contributed by atoms with E-state index in [1.807, 2.05) is 13.8 Å². The number of ether oxygens (including phenoxy) is 7. The average Bonchev–Trinajstić information content (AvgIpc) is 1.65. The fraction of sp³-hybridized carbons (Fsp3) is 0.229. The van der Waals surface area contributed by atoms with Crippen LogP contribution in [0.3, 0.4) is 0 Å². The second kappa shape index (κ2) is 56.3. The lowest BCUT2D eigenvalue weighted by atomic mass is 10.2. The number of carbonyl (C=O) groups is 5. The monoisotopic (exact) mass is 2110 g/mol. The van der Waals surface area contributed by atoms with Crippen molar-refractivity contribution in [3.8, 4) is 57.5 Å². The number of thioether (sulfide) groups is 2. The highest BCUT2D eigenvalue weighted by molar-refractivity contribution is 8.00. The number of halogens is 6.